The van der Waals surface area contributed by atoms with E-state index < -0.39 is 21.8 Å². The number of nitriles is 1. The molecule has 0 fully saturated rings. The fourth-order valence-electron chi connectivity index (χ4n) is 1.69. The third-order valence-corrected chi connectivity index (χ3v) is 4.21. The number of aromatic amines is 1. The highest BCUT2D eigenvalue weighted by atomic mass is 32.2. The second kappa shape index (κ2) is 5.97. The smallest absolute Gasteiger partial charge is 0.352 e. The van der Waals surface area contributed by atoms with Gasteiger partial charge >= 0.3 is 5.97 Å². The molecule has 22 heavy (non-hydrogen) atoms. The lowest BCUT2D eigenvalue weighted by atomic mass is 10.1. The molecule has 1 heterocycles. The summed E-state index contributed by atoms with van der Waals surface area (Å²) in [6.45, 7) is -0.364. The first-order valence-electron chi connectivity index (χ1n) is 5.93. The van der Waals surface area contributed by atoms with Crippen LogP contribution in [0.4, 0.5) is 4.39 Å². The molecule has 7 nitrogen and oxygen atoms in total. The van der Waals surface area contributed by atoms with Crippen LogP contribution in [0.2, 0.25) is 0 Å². The predicted octanol–water partition coefficient (Wildman–Crippen LogP) is 1.20. The van der Waals surface area contributed by atoms with E-state index in [2.05, 4.69) is 9.71 Å². The summed E-state index contributed by atoms with van der Waals surface area (Å²) < 4.78 is 39.7. The van der Waals surface area contributed by atoms with Crippen LogP contribution in [0.25, 0.3) is 0 Å². The molecule has 0 spiro atoms. The third-order valence-electron chi connectivity index (χ3n) is 2.82. The van der Waals surface area contributed by atoms with Gasteiger partial charge in [-0.05, 0) is 24.3 Å². The fourth-order valence-corrected chi connectivity index (χ4v) is 2.69. The number of carboxylic acids is 1. The Balaban J connectivity index is 2.19. The monoisotopic (exact) mass is 323 g/mol. The van der Waals surface area contributed by atoms with Gasteiger partial charge in [-0.2, -0.15) is 5.26 Å². The number of aromatic carboxylic acids is 1. The molecule has 0 aliphatic rings. The average Bonchev–Trinajstić information content (AvgIpc) is 2.97. The maximum Gasteiger partial charge on any atom is 0.352 e. The quantitative estimate of drug-likeness (QED) is 0.763. The average molecular weight is 323 g/mol. The van der Waals surface area contributed by atoms with Crippen molar-refractivity contribution in [1.82, 2.24) is 9.71 Å². The molecule has 2 rings (SSSR count). The number of sulfonamides is 1. The SMILES string of the molecule is N#Cc1ccc(F)c(CNS(=O)(=O)c2c[nH]c(C(=O)O)c2)c1. The van der Waals surface area contributed by atoms with Crippen molar-refractivity contribution >= 4 is 16.0 Å². The van der Waals surface area contributed by atoms with Crippen molar-refractivity contribution in [2.75, 3.05) is 0 Å². The minimum absolute atomic E-state index is 0.0108. The lowest BCUT2D eigenvalue weighted by Gasteiger charge is -2.06. The Morgan fingerprint density at radius 3 is 2.73 bits per heavy atom. The van der Waals surface area contributed by atoms with Gasteiger partial charge in [0.25, 0.3) is 0 Å². The van der Waals surface area contributed by atoms with Crippen LogP contribution in [0.15, 0.2) is 35.4 Å². The van der Waals surface area contributed by atoms with Crippen LogP contribution in [-0.2, 0) is 16.6 Å². The number of hydrogen-bond acceptors (Lipinski definition) is 4. The Labute approximate surface area is 125 Å². The molecule has 1 aromatic carbocycles. The van der Waals surface area contributed by atoms with Gasteiger partial charge < -0.3 is 10.1 Å². The topological polar surface area (TPSA) is 123 Å². The van der Waals surface area contributed by atoms with E-state index in [1.54, 1.807) is 0 Å². The van der Waals surface area contributed by atoms with Crippen LogP contribution >= 0.6 is 0 Å². The summed E-state index contributed by atoms with van der Waals surface area (Å²) in [5.74, 6) is -1.95. The molecule has 0 radical (unpaired) electrons. The lowest BCUT2D eigenvalue weighted by molar-refractivity contribution is 0.0691. The molecule has 0 unspecified atom stereocenters. The molecule has 0 amide bonds. The summed E-state index contributed by atoms with van der Waals surface area (Å²) in [6.07, 6.45) is 1.02. The number of hydrogen-bond donors (Lipinski definition) is 3. The summed E-state index contributed by atoms with van der Waals surface area (Å²) in [5.41, 5.74) is -0.0694. The van der Waals surface area contributed by atoms with Gasteiger partial charge in [-0.15, -0.1) is 0 Å². The number of halogens is 1. The first kappa shape index (κ1) is 15.7. The lowest BCUT2D eigenvalue weighted by Crippen LogP contribution is -2.23. The van der Waals surface area contributed by atoms with Gasteiger partial charge in [0.05, 0.1) is 11.6 Å². The zero-order chi connectivity index (χ0) is 16.3. The molecule has 2 aromatic rings. The van der Waals surface area contributed by atoms with Gasteiger partial charge in [0.1, 0.15) is 16.4 Å². The van der Waals surface area contributed by atoms with Crippen LogP contribution in [0.1, 0.15) is 21.6 Å². The standard InChI is InChI=1S/C13H10FN3O4S/c14-11-2-1-8(5-15)3-9(11)6-17-22(20,21)10-4-12(13(18)19)16-7-10/h1-4,7,16-17H,6H2,(H,18,19). The number of nitrogens with zero attached hydrogens (tertiary/aromatic N) is 1. The summed E-state index contributed by atoms with van der Waals surface area (Å²) in [5, 5.41) is 17.5. The molecule has 9 heteroatoms. The highest BCUT2D eigenvalue weighted by molar-refractivity contribution is 7.89. The number of carboxylic acid groups (broad SMARTS) is 1. The summed E-state index contributed by atoms with van der Waals surface area (Å²) >= 11 is 0. The van der Waals surface area contributed by atoms with Crippen LogP contribution in [0, 0.1) is 17.1 Å². The molecule has 3 N–H and O–H groups in total. The van der Waals surface area contributed by atoms with E-state index in [-0.39, 0.29) is 28.3 Å². The molecule has 0 atom stereocenters. The second-order valence-corrected chi connectivity index (χ2v) is 6.06. The molecule has 0 aliphatic carbocycles. The number of H-pyrrole nitrogens is 1. The highest BCUT2D eigenvalue weighted by Gasteiger charge is 2.18. The Kier molecular flexibility index (Phi) is 4.25. The summed E-state index contributed by atoms with van der Waals surface area (Å²) in [4.78, 5) is 12.7. The van der Waals surface area contributed by atoms with E-state index in [4.69, 9.17) is 10.4 Å². The molecule has 0 bridgehead atoms. The minimum Gasteiger partial charge on any atom is -0.477 e. The van der Waals surface area contributed by atoms with Crippen molar-refractivity contribution in [3.05, 3.63) is 53.1 Å². The largest absolute Gasteiger partial charge is 0.477 e. The van der Waals surface area contributed by atoms with Crippen molar-refractivity contribution in [2.24, 2.45) is 0 Å². The normalized spacial score (nSPS) is 11.1. The van der Waals surface area contributed by atoms with E-state index in [1.807, 2.05) is 6.07 Å². The Morgan fingerprint density at radius 1 is 1.41 bits per heavy atom. The van der Waals surface area contributed by atoms with E-state index >= 15 is 0 Å². The van der Waals surface area contributed by atoms with Crippen LogP contribution < -0.4 is 4.72 Å². The first-order valence-corrected chi connectivity index (χ1v) is 7.41. The molecule has 0 saturated heterocycles. The maximum absolute atomic E-state index is 13.6. The van der Waals surface area contributed by atoms with Gasteiger partial charge in [0, 0.05) is 18.3 Å². The fraction of sp³-hybridized carbons (Fsp3) is 0.0769. The van der Waals surface area contributed by atoms with Crippen molar-refractivity contribution in [1.29, 1.82) is 5.26 Å². The molecule has 1 aromatic heterocycles. The minimum atomic E-state index is -4.00. The number of benzene rings is 1. The van der Waals surface area contributed by atoms with Gasteiger partial charge in [0.2, 0.25) is 10.0 Å². The van der Waals surface area contributed by atoms with Crippen LogP contribution in [-0.4, -0.2) is 24.5 Å². The summed E-state index contributed by atoms with van der Waals surface area (Å²) in [7, 11) is -4.00. The van der Waals surface area contributed by atoms with E-state index in [0.717, 1.165) is 18.3 Å². The molecule has 114 valence electrons. The highest BCUT2D eigenvalue weighted by Crippen LogP contribution is 2.14. The van der Waals surface area contributed by atoms with Gasteiger partial charge in [-0.25, -0.2) is 22.3 Å². The second-order valence-electron chi connectivity index (χ2n) is 4.30. The third kappa shape index (κ3) is 3.30. The van der Waals surface area contributed by atoms with Crippen LogP contribution in [0.3, 0.4) is 0 Å². The van der Waals surface area contributed by atoms with Crippen molar-refractivity contribution in [2.45, 2.75) is 11.4 Å². The number of carbonyl (C=O) groups is 1. The van der Waals surface area contributed by atoms with Crippen molar-refractivity contribution < 1.29 is 22.7 Å². The van der Waals surface area contributed by atoms with Gasteiger partial charge in [-0.3, -0.25) is 0 Å². The van der Waals surface area contributed by atoms with E-state index in [9.17, 15) is 17.6 Å². The Bertz CT molecular complexity index is 868. The number of aromatic nitrogens is 1. The Hall–Kier alpha value is -2.70. The number of nitrogens with one attached hydrogen (secondary N) is 2. The molecule has 0 saturated carbocycles. The van der Waals surface area contributed by atoms with Gasteiger partial charge in [-0.1, -0.05) is 0 Å². The number of rotatable bonds is 5. The van der Waals surface area contributed by atoms with Crippen molar-refractivity contribution in [3.63, 3.8) is 0 Å². The van der Waals surface area contributed by atoms with E-state index in [0.29, 0.717) is 0 Å². The van der Waals surface area contributed by atoms with Crippen LogP contribution in [0.5, 0.6) is 0 Å². The van der Waals surface area contributed by atoms with Gasteiger partial charge in [0.15, 0.2) is 0 Å². The predicted molar refractivity (Wildman–Crippen MR) is 72.9 cm³/mol. The first-order chi connectivity index (χ1) is 10.3. The van der Waals surface area contributed by atoms with Crippen molar-refractivity contribution in [3.8, 4) is 6.07 Å². The zero-order valence-electron chi connectivity index (χ0n) is 11.0. The van der Waals surface area contributed by atoms with E-state index in [1.165, 1.54) is 12.1 Å². The summed E-state index contributed by atoms with van der Waals surface area (Å²) in [6, 6.07) is 6.36. The maximum atomic E-state index is 13.6. The zero-order valence-corrected chi connectivity index (χ0v) is 11.8. The molecule has 0 aliphatic heterocycles. The Morgan fingerprint density at radius 2 is 2.14 bits per heavy atom. The molecular formula is C13H10FN3O4S. The molecular weight excluding hydrogens is 313 g/mol.